The average molecular weight is 265 g/mol. The summed E-state index contributed by atoms with van der Waals surface area (Å²) in [5, 5.41) is 12.7. The Morgan fingerprint density at radius 3 is 2.63 bits per heavy atom. The number of ether oxygens (including phenoxy) is 1. The molecule has 0 radical (unpaired) electrons. The van der Waals surface area contributed by atoms with E-state index >= 15 is 0 Å². The fourth-order valence-corrected chi connectivity index (χ4v) is 1.96. The van der Waals surface area contributed by atoms with E-state index in [0.29, 0.717) is 11.7 Å². The Bertz CT molecular complexity index is 431. The number of methoxy groups -OCH3 is 1. The monoisotopic (exact) mass is 265 g/mol. The van der Waals surface area contributed by atoms with Crippen LogP contribution < -0.4 is 10.1 Å². The van der Waals surface area contributed by atoms with Crippen LogP contribution >= 0.6 is 0 Å². The van der Waals surface area contributed by atoms with Crippen molar-refractivity contribution in [3.63, 3.8) is 0 Å². The maximum absolute atomic E-state index is 12.0. The van der Waals surface area contributed by atoms with Gasteiger partial charge in [-0.15, -0.1) is 0 Å². The summed E-state index contributed by atoms with van der Waals surface area (Å²) < 4.78 is 4.99. The van der Waals surface area contributed by atoms with Crippen molar-refractivity contribution < 1.29 is 14.6 Å². The van der Waals surface area contributed by atoms with Crippen molar-refractivity contribution in [2.45, 2.75) is 39.7 Å². The third-order valence-corrected chi connectivity index (χ3v) is 3.28. The molecular weight excluding hydrogens is 242 g/mol. The first-order valence-electron chi connectivity index (χ1n) is 6.65. The second-order valence-corrected chi connectivity index (χ2v) is 5.01. The highest BCUT2D eigenvalue weighted by atomic mass is 16.5. The second-order valence-electron chi connectivity index (χ2n) is 5.01. The van der Waals surface area contributed by atoms with Gasteiger partial charge >= 0.3 is 0 Å². The van der Waals surface area contributed by atoms with Gasteiger partial charge in [0.05, 0.1) is 12.7 Å². The molecule has 2 N–H and O–H groups in total. The molecule has 0 aliphatic heterocycles. The Morgan fingerprint density at radius 2 is 2.11 bits per heavy atom. The molecule has 0 fully saturated rings. The Morgan fingerprint density at radius 1 is 1.42 bits per heavy atom. The zero-order chi connectivity index (χ0) is 14.4. The smallest absolute Gasteiger partial charge is 0.255 e. The van der Waals surface area contributed by atoms with Crippen LogP contribution in [0.2, 0.25) is 0 Å². The quantitative estimate of drug-likeness (QED) is 0.831. The Hall–Kier alpha value is -1.71. The fraction of sp³-hybridized carbons (Fsp3) is 0.533. The van der Waals surface area contributed by atoms with E-state index in [-0.39, 0.29) is 23.3 Å². The van der Waals surface area contributed by atoms with Gasteiger partial charge in [-0.2, -0.15) is 0 Å². The number of carbonyl (C=O) groups is 1. The van der Waals surface area contributed by atoms with Crippen LogP contribution in [0.25, 0.3) is 0 Å². The van der Waals surface area contributed by atoms with Gasteiger partial charge in [-0.3, -0.25) is 4.79 Å². The van der Waals surface area contributed by atoms with E-state index in [1.165, 1.54) is 13.2 Å². The van der Waals surface area contributed by atoms with E-state index in [1.54, 1.807) is 12.1 Å². The second kappa shape index (κ2) is 7.02. The Labute approximate surface area is 114 Å². The number of aromatic hydroxyl groups is 1. The predicted molar refractivity (Wildman–Crippen MR) is 75.7 cm³/mol. The molecule has 0 aliphatic rings. The minimum Gasteiger partial charge on any atom is -0.507 e. The molecule has 0 aliphatic carbocycles. The van der Waals surface area contributed by atoms with Crippen molar-refractivity contribution in [2.24, 2.45) is 5.92 Å². The summed E-state index contributed by atoms with van der Waals surface area (Å²) in [6.45, 7) is 6.27. The normalized spacial score (nSPS) is 13.7. The van der Waals surface area contributed by atoms with Crippen molar-refractivity contribution >= 4 is 5.91 Å². The molecule has 2 atom stereocenters. The van der Waals surface area contributed by atoms with Crippen LogP contribution in [-0.2, 0) is 0 Å². The standard InChI is InChI=1S/C15H23NO3/c1-5-10(2)8-11(3)16-15(18)13-7-6-12(19-4)9-14(13)17/h6-7,9-11,17H,5,8H2,1-4H3,(H,16,18). The van der Waals surface area contributed by atoms with Crippen molar-refractivity contribution in [3.05, 3.63) is 23.8 Å². The van der Waals surface area contributed by atoms with Crippen molar-refractivity contribution in [2.75, 3.05) is 7.11 Å². The summed E-state index contributed by atoms with van der Waals surface area (Å²) in [5.74, 6) is 0.782. The maximum atomic E-state index is 12.0. The zero-order valence-corrected chi connectivity index (χ0v) is 12.1. The molecule has 0 aromatic heterocycles. The van der Waals surface area contributed by atoms with Crippen LogP contribution in [0.1, 0.15) is 44.0 Å². The van der Waals surface area contributed by atoms with E-state index < -0.39 is 0 Å². The lowest BCUT2D eigenvalue weighted by Crippen LogP contribution is -2.33. The largest absolute Gasteiger partial charge is 0.507 e. The number of hydrogen-bond donors (Lipinski definition) is 2. The number of carbonyl (C=O) groups excluding carboxylic acids is 1. The van der Waals surface area contributed by atoms with Gasteiger partial charge in [-0.25, -0.2) is 0 Å². The highest BCUT2D eigenvalue weighted by Crippen LogP contribution is 2.23. The molecule has 106 valence electrons. The van der Waals surface area contributed by atoms with Crippen molar-refractivity contribution in [3.8, 4) is 11.5 Å². The maximum Gasteiger partial charge on any atom is 0.255 e. The molecule has 1 rings (SSSR count). The van der Waals surface area contributed by atoms with Gasteiger partial charge in [0.25, 0.3) is 5.91 Å². The van der Waals surface area contributed by atoms with Gasteiger partial charge in [0, 0.05) is 12.1 Å². The van der Waals surface area contributed by atoms with E-state index in [4.69, 9.17) is 4.74 Å². The highest BCUT2D eigenvalue weighted by Gasteiger charge is 2.15. The van der Waals surface area contributed by atoms with Gasteiger partial charge in [0.2, 0.25) is 0 Å². The zero-order valence-electron chi connectivity index (χ0n) is 12.1. The molecular formula is C15H23NO3. The lowest BCUT2D eigenvalue weighted by Gasteiger charge is -2.18. The van der Waals surface area contributed by atoms with Gasteiger partial charge in [-0.05, 0) is 31.4 Å². The van der Waals surface area contributed by atoms with Crippen molar-refractivity contribution in [1.29, 1.82) is 0 Å². The lowest BCUT2D eigenvalue weighted by molar-refractivity contribution is 0.0932. The van der Waals surface area contributed by atoms with Gasteiger partial charge in [0.1, 0.15) is 11.5 Å². The number of benzene rings is 1. The third-order valence-electron chi connectivity index (χ3n) is 3.28. The topological polar surface area (TPSA) is 58.6 Å². The summed E-state index contributed by atoms with van der Waals surface area (Å²) in [6, 6.07) is 4.76. The minimum absolute atomic E-state index is 0.0624. The average Bonchev–Trinajstić information content (AvgIpc) is 2.37. The van der Waals surface area contributed by atoms with Crippen LogP contribution in [0, 0.1) is 5.92 Å². The Kier molecular flexibility index (Phi) is 5.67. The van der Waals surface area contributed by atoms with Gasteiger partial charge in [-0.1, -0.05) is 20.3 Å². The van der Waals surface area contributed by atoms with E-state index in [9.17, 15) is 9.90 Å². The number of nitrogens with one attached hydrogen (secondary N) is 1. The summed E-state index contributed by atoms with van der Waals surface area (Å²) in [6.07, 6.45) is 2.02. The predicted octanol–water partition coefficient (Wildman–Crippen LogP) is 2.96. The van der Waals surface area contributed by atoms with Crippen molar-refractivity contribution in [1.82, 2.24) is 5.32 Å². The van der Waals surface area contributed by atoms with Crippen LogP contribution in [0.4, 0.5) is 0 Å². The highest BCUT2D eigenvalue weighted by molar-refractivity contribution is 5.97. The summed E-state index contributed by atoms with van der Waals surface area (Å²) in [4.78, 5) is 12.0. The number of amides is 1. The minimum atomic E-state index is -0.254. The molecule has 1 amide bonds. The third kappa shape index (κ3) is 4.47. The molecule has 1 aromatic carbocycles. The summed E-state index contributed by atoms with van der Waals surface area (Å²) in [7, 11) is 1.52. The number of rotatable bonds is 6. The lowest BCUT2D eigenvalue weighted by atomic mass is 10.00. The molecule has 0 saturated carbocycles. The van der Waals surface area contributed by atoms with Gasteiger partial charge < -0.3 is 15.2 Å². The first-order chi connectivity index (χ1) is 8.97. The molecule has 2 unspecified atom stereocenters. The number of phenolic OH excluding ortho intramolecular Hbond substituents is 1. The van der Waals surface area contributed by atoms with E-state index in [0.717, 1.165) is 12.8 Å². The molecule has 4 heteroatoms. The molecule has 0 bridgehead atoms. The molecule has 4 nitrogen and oxygen atoms in total. The van der Waals surface area contributed by atoms with Crippen LogP contribution in [0.5, 0.6) is 11.5 Å². The fourth-order valence-electron chi connectivity index (χ4n) is 1.96. The first-order valence-corrected chi connectivity index (χ1v) is 6.65. The molecule has 19 heavy (non-hydrogen) atoms. The number of hydrogen-bond acceptors (Lipinski definition) is 3. The summed E-state index contributed by atoms with van der Waals surface area (Å²) >= 11 is 0. The van der Waals surface area contributed by atoms with Gasteiger partial charge in [0.15, 0.2) is 0 Å². The first kappa shape index (κ1) is 15.3. The molecule has 0 saturated heterocycles. The summed E-state index contributed by atoms with van der Waals surface area (Å²) in [5.41, 5.74) is 0.275. The van der Waals surface area contributed by atoms with Crippen LogP contribution in [-0.4, -0.2) is 24.2 Å². The van der Waals surface area contributed by atoms with E-state index in [1.807, 2.05) is 6.92 Å². The number of phenols is 1. The SMILES string of the molecule is CCC(C)CC(C)NC(=O)c1ccc(OC)cc1O. The van der Waals surface area contributed by atoms with Crippen LogP contribution in [0.15, 0.2) is 18.2 Å². The Balaban J connectivity index is 2.68. The van der Waals surface area contributed by atoms with E-state index in [2.05, 4.69) is 19.2 Å². The molecule has 0 heterocycles. The molecule has 1 aromatic rings. The van der Waals surface area contributed by atoms with Crippen LogP contribution in [0.3, 0.4) is 0 Å². The molecule has 0 spiro atoms.